The van der Waals surface area contributed by atoms with E-state index in [1.54, 1.807) is 44.0 Å². The Bertz CT molecular complexity index is 1640. The number of hydrogen-bond donors (Lipinski definition) is 4. The molecule has 0 saturated carbocycles. The summed E-state index contributed by atoms with van der Waals surface area (Å²) in [5, 5.41) is 20.5. The molecular formula is C39H48N6O5. The van der Waals surface area contributed by atoms with Gasteiger partial charge in [-0.2, -0.15) is 0 Å². The Morgan fingerprint density at radius 3 is 2.06 bits per heavy atom. The van der Waals surface area contributed by atoms with Gasteiger partial charge in [-0.25, -0.2) is 9.59 Å². The molecule has 50 heavy (non-hydrogen) atoms. The molecule has 11 nitrogen and oxygen atoms in total. The Labute approximate surface area is 294 Å². The third-order valence-electron chi connectivity index (χ3n) is 8.28. The van der Waals surface area contributed by atoms with Gasteiger partial charge < -0.3 is 30.7 Å². The van der Waals surface area contributed by atoms with Gasteiger partial charge >= 0.3 is 12.1 Å². The number of carbonyl (C=O) groups excluding carboxylic acids is 3. The minimum Gasteiger partial charge on any atom is -0.445 e. The van der Waals surface area contributed by atoms with Gasteiger partial charge in [0.1, 0.15) is 12.6 Å². The quantitative estimate of drug-likeness (QED) is 0.131. The summed E-state index contributed by atoms with van der Waals surface area (Å²) < 4.78 is 5.45. The Morgan fingerprint density at radius 1 is 0.800 bits per heavy atom. The molecule has 0 fully saturated rings. The van der Waals surface area contributed by atoms with Gasteiger partial charge in [0.2, 0.25) is 5.91 Å². The van der Waals surface area contributed by atoms with Crippen LogP contribution in [0.3, 0.4) is 0 Å². The molecule has 2 aromatic carbocycles. The highest BCUT2D eigenvalue weighted by Gasteiger charge is 2.31. The van der Waals surface area contributed by atoms with Crippen molar-refractivity contribution in [3.8, 4) is 0 Å². The van der Waals surface area contributed by atoms with Crippen molar-refractivity contribution in [1.82, 2.24) is 30.8 Å². The maximum Gasteiger partial charge on any atom is 0.407 e. The predicted octanol–water partition coefficient (Wildman–Crippen LogP) is 4.97. The van der Waals surface area contributed by atoms with Gasteiger partial charge in [-0.15, -0.1) is 0 Å². The molecular weight excluding hydrogens is 632 g/mol. The van der Waals surface area contributed by atoms with Crippen LogP contribution in [0.2, 0.25) is 0 Å². The Kier molecular flexibility index (Phi) is 14.3. The van der Waals surface area contributed by atoms with E-state index in [4.69, 9.17) is 4.74 Å². The molecule has 4 amide bonds. The van der Waals surface area contributed by atoms with Crippen LogP contribution in [0.25, 0.3) is 0 Å². The van der Waals surface area contributed by atoms with Crippen LogP contribution in [0, 0.1) is 12.8 Å². The number of aliphatic hydroxyl groups excluding tert-OH is 1. The van der Waals surface area contributed by atoms with Gasteiger partial charge in [-0.1, -0.05) is 86.6 Å². The van der Waals surface area contributed by atoms with E-state index in [2.05, 4.69) is 25.9 Å². The molecule has 0 bridgehead atoms. The zero-order chi connectivity index (χ0) is 35.9. The summed E-state index contributed by atoms with van der Waals surface area (Å²) in [6, 6.07) is 22.2. The fraction of sp³-hybridized carbons (Fsp3) is 0.359. The van der Waals surface area contributed by atoms with Gasteiger partial charge in [-0.05, 0) is 60.4 Å². The number of urea groups is 1. The maximum atomic E-state index is 13.9. The minimum atomic E-state index is -1.06. The average Bonchev–Trinajstić information content (AvgIpc) is 3.10. The van der Waals surface area contributed by atoms with Crippen molar-refractivity contribution in [1.29, 1.82) is 0 Å². The lowest BCUT2D eigenvalue weighted by Crippen LogP contribution is -2.55. The molecule has 0 spiro atoms. The van der Waals surface area contributed by atoms with E-state index in [-0.39, 0.29) is 24.9 Å². The molecule has 2 aromatic heterocycles. The van der Waals surface area contributed by atoms with Crippen molar-refractivity contribution in [2.45, 2.75) is 77.4 Å². The van der Waals surface area contributed by atoms with Crippen molar-refractivity contribution in [2.24, 2.45) is 5.92 Å². The monoisotopic (exact) mass is 680 g/mol. The minimum absolute atomic E-state index is 0.0277. The zero-order valence-corrected chi connectivity index (χ0v) is 29.2. The Balaban J connectivity index is 1.47. The second-order valence-corrected chi connectivity index (χ2v) is 13.0. The number of pyridine rings is 2. The normalized spacial score (nSPS) is 13.4. The molecule has 2 heterocycles. The van der Waals surface area contributed by atoms with Gasteiger partial charge in [0.15, 0.2) is 0 Å². The molecule has 264 valence electrons. The zero-order valence-electron chi connectivity index (χ0n) is 29.2. The molecule has 0 aliphatic carbocycles. The summed E-state index contributed by atoms with van der Waals surface area (Å²) in [4.78, 5) is 49.8. The molecule has 0 unspecified atom stereocenters. The molecule has 4 atom stereocenters. The highest BCUT2D eigenvalue weighted by atomic mass is 16.5. The molecule has 4 rings (SSSR count). The number of amides is 4. The number of carbonyl (C=O) groups is 3. The number of alkyl carbamates (subject to hydrolysis) is 1. The summed E-state index contributed by atoms with van der Waals surface area (Å²) in [6.45, 7) is 6.03. The Hall–Kier alpha value is -5.29. The van der Waals surface area contributed by atoms with Crippen molar-refractivity contribution in [2.75, 3.05) is 7.05 Å². The van der Waals surface area contributed by atoms with E-state index >= 15 is 0 Å². The van der Waals surface area contributed by atoms with Crippen LogP contribution in [0.1, 0.15) is 48.1 Å². The first-order valence-electron chi connectivity index (χ1n) is 16.9. The fourth-order valence-corrected chi connectivity index (χ4v) is 5.64. The van der Waals surface area contributed by atoms with Crippen molar-refractivity contribution < 1.29 is 24.2 Å². The van der Waals surface area contributed by atoms with E-state index < -0.39 is 36.4 Å². The van der Waals surface area contributed by atoms with Gasteiger partial charge in [0.05, 0.1) is 12.1 Å². The van der Waals surface area contributed by atoms with Crippen LogP contribution in [0.4, 0.5) is 9.59 Å². The fourth-order valence-electron chi connectivity index (χ4n) is 5.64. The SMILES string of the molecule is Cc1cncc(CN(C)C(=O)N[C@H](C(=O)N[C@@H](Cc2ccccc2)C[C@H](O)[C@H](Cc2ccccc2)NC(=O)OCc2cccnc2)C(C)C)c1. The van der Waals surface area contributed by atoms with Crippen LogP contribution in [-0.2, 0) is 35.5 Å². The smallest absolute Gasteiger partial charge is 0.407 e. The highest BCUT2D eigenvalue weighted by Crippen LogP contribution is 2.16. The molecule has 0 radical (unpaired) electrons. The van der Waals surface area contributed by atoms with E-state index in [9.17, 15) is 19.5 Å². The summed E-state index contributed by atoms with van der Waals surface area (Å²) in [5.41, 5.74) is 4.49. The molecule has 0 saturated heterocycles. The van der Waals surface area contributed by atoms with E-state index in [1.165, 1.54) is 4.90 Å². The standard InChI is InChI=1S/C39H48N6O5/c1-27(2)36(44-38(48)45(4)25-32-18-28(3)22-41-24-32)37(47)42-33(19-29-12-7-5-8-13-29)21-35(46)34(20-30-14-9-6-10-15-30)43-39(49)50-26-31-16-11-17-40-23-31/h5-18,22-24,27,33-36,46H,19-21,25-26H2,1-4H3,(H,42,47)(H,43,49)(H,44,48)/t33-,34-,35-,36-/m0/s1. The first-order chi connectivity index (χ1) is 24.1. The first-order valence-corrected chi connectivity index (χ1v) is 16.9. The van der Waals surface area contributed by atoms with Crippen LogP contribution in [0.5, 0.6) is 0 Å². The van der Waals surface area contributed by atoms with Gasteiger partial charge in [0.25, 0.3) is 0 Å². The van der Waals surface area contributed by atoms with Crippen LogP contribution >= 0.6 is 0 Å². The van der Waals surface area contributed by atoms with Crippen LogP contribution < -0.4 is 16.0 Å². The number of aryl methyl sites for hydroxylation is 1. The predicted molar refractivity (Wildman–Crippen MR) is 192 cm³/mol. The number of aromatic nitrogens is 2. The van der Waals surface area contributed by atoms with Crippen LogP contribution in [0.15, 0.2) is 104 Å². The highest BCUT2D eigenvalue weighted by molar-refractivity contribution is 5.87. The number of nitrogens with one attached hydrogen (secondary N) is 3. The second kappa shape index (κ2) is 19.0. The number of ether oxygens (including phenoxy) is 1. The van der Waals surface area contributed by atoms with Crippen molar-refractivity contribution >= 4 is 18.0 Å². The van der Waals surface area contributed by atoms with E-state index in [0.29, 0.717) is 19.4 Å². The largest absolute Gasteiger partial charge is 0.445 e. The molecule has 0 aliphatic heterocycles. The summed E-state index contributed by atoms with van der Waals surface area (Å²) in [7, 11) is 1.67. The third-order valence-corrected chi connectivity index (χ3v) is 8.28. The van der Waals surface area contributed by atoms with E-state index in [1.807, 2.05) is 87.5 Å². The number of benzene rings is 2. The van der Waals surface area contributed by atoms with Gasteiger partial charge in [0, 0.05) is 50.0 Å². The molecule has 0 aliphatic rings. The topological polar surface area (TPSA) is 146 Å². The lowest BCUT2D eigenvalue weighted by molar-refractivity contribution is -0.124. The maximum absolute atomic E-state index is 13.9. The first kappa shape index (κ1) is 37.5. The summed E-state index contributed by atoms with van der Waals surface area (Å²) in [6.07, 6.45) is 5.87. The van der Waals surface area contributed by atoms with Gasteiger partial charge in [-0.3, -0.25) is 14.8 Å². The third kappa shape index (κ3) is 12.3. The Morgan fingerprint density at radius 2 is 1.44 bits per heavy atom. The van der Waals surface area contributed by atoms with Crippen molar-refractivity contribution in [3.63, 3.8) is 0 Å². The molecule has 11 heteroatoms. The van der Waals surface area contributed by atoms with Crippen LogP contribution in [-0.4, -0.2) is 69.3 Å². The van der Waals surface area contributed by atoms with Crippen molar-refractivity contribution in [3.05, 3.63) is 131 Å². The number of hydrogen-bond acceptors (Lipinski definition) is 7. The second-order valence-electron chi connectivity index (χ2n) is 13.0. The molecule has 4 N–H and O–H groups in total. The average molecular weight is 681 g/mol. The summed E-state index contributed by atoms with van der Waals surface area (Å²) in [5.74, 6) is -0.590. The number of rotatable bonds is 16. The summed E-state index contributed by atoms with van der Waals surface area (Å²) >= 11 is 0. The van der Waals surface area contributed by atoms with E-state index in [0.717, 1.165) is 27.8 Å². The number of nitrogens with zero attached hydrogens (tertiary/aromatic N) is 3. The lowest BCUT2D eigenvalue weighted by Gasteiger charge is -2.30. The number of aliphatic hydroxyl groups is 1. The molecule has 4 aromatic rings. The lowest BCUT2D eigenvalue weighted by atomic mass is 9.93.